The number of methoxy groups -OCH3 is 2. The van der Waals surface area contributed by atoms with Crippen LogP contribution in [0.15, 0.2) is 79.0 Å². The first kappa shape index (κ1) is 25.9. The van der Waals surface area contributed by atoms with Gasteiger partial charge >= 0.3 is 0 Å². The summed E-state index contributed by atoms with van der Waals surface area (Å²) in [5, 5.41) is 4.34. The van der Waals surface area contributed by atoms with Crippen LogP contribution in [0.1, 0.15) is 41.9 Å². The maximum atomic E-state index is 13.3. The van der Waals surface area contributed by atoms with Crippen LogP contribution in [-0.4, -0.2) is 55.8 Å². The van der Waals surface area contributed by atoms with E-state index in [1.165, 1.54) is 18.4 Å². The van der Waals surface area contributed by atoms with E-state index in [1.807, 2.05) is 24.3 Å². The minimum absolute atomic E-state index is 0.0591. The van der Waals surface area contributed by atoms with Crippen molar-refractivity contribution in [2.75, 3.05) is 40.4 Å². The van der Waals surface area contributed by atoms with Gasteiger partial charge in [0.25, 0.3) is 0 Å². The highest BCUT2D eigenvalue weighted by atomic mass is 16.5. The van der Waals surface area contributed by atoms with E-state index in [1.54, 1.807) is 14.2 Å². The number of aromatic nitrogens is 1. The zero-order valence-corrected chi connectivity index (χ0v) is 22.4. The van der Waals surface area contributed by atoms with Crippen LogP contribution in [0.25, 0.3) is 10.9 Å². The van der Waals surface area contributed by atoms with Crippen LogP contribution in [0.5, 0.6) is 11.5 Å². The van der Waals surface area contributed by atoms with Crippen molar-refractivity contribution in [3.8, 4) is 11.5 Å². The van der Waals surface area contributed by atoms with Gasteiger partial charge in [0.2, 0.25) is 5.91 Å². The molecule has 1 amide bonds. The molecule has 6 nitrogen and oxygen atoms in total. The van der Waals surface area contributed by atoms with E-state index in [0.29, 0.717) is 24.5 Å². The highest BCUT2D eigenvalue weighted by molar-refractivity contribution is 5.87. The second-order valence-electron chi connectivity index (χ2n) is 9.98. The Labute approximate surface area is 225 Å². The summed E-state index contributed by atoms with van der Waals surface area (Å²) in [4.78, 5) is 15.7. The molecule has 3 aromatic carbocycles. The predicted octanol–water partition coefficient (Wildman–Crippen LogP) is 5.44. The van der Waals surface area contributed by atoms with Gasteiger partial charge in [0.05, 0.1) is 14.2 Å². The number of hydrogen-bond donors (Lipinski definition) is 1. The van der Waals surface area contributed by atoms with E-state index in [0.717, 1.165) is 48.2 Å². The molecule has 1 N–H and O–H groups in total. The average Bonchev–Trinajstić information content (AvgIpc) is 3.60. The number of amides is 1. The van der Waals surface area contributed by atoms with Crippen molar-refractivity contribution in [3.05, 3.63) is 95.7 Å². The number of ether oxygens (including phenoxy) is 2. The Morgan fingerprint density at radius 2 is 1.66 bits per heavy atom. The van der Waals surface area contributed by atoms with E-state index in [9.17, 15) is 4.79 Å². The minimum atomic E-state index is -0.136. The lowest BCUT2D eigenvalue weighted by Gasteiger charge is -2.20. The van der Waals surface area contributed by atoms with Crippen LogP contribution in [-0.2, 0) is 11.3 Å². The number of hydrogen-bond acceptors (Lipinski definition) is 4. The summed E-state index contributed by atoms with van der Waals surface area (Å²) in [7, 11) is 3.29. The van der Waals surface area contributed by atoms with Gasteiger partial charge in [0, 0.05) is 49.1 Å². The molecule has 2 heterocycles. The molecule has 0 spiro atoms. The Morgan fingerprint density at radius 3 is 2.42 bits per heavy atom. The molecule has 0 saturated carbocycles. The van der Waals surface area contributed by atoms with Crippen LogP contribution in [0.2, 0.25) is 0 Å². The Hall–Kier alpha value is -3.77. The molecule has 1 aromatic heterocycles. The Bertz CT molecular complexity index is 1360. The standard InChI is InChI=1S/C32H37N3O3/c1-37-30-15-14-25(20-31(30)38-2)27(21-32(36)33-16-19-34-17-8-9-18-34)28-23-35(22-24-10-4-3-5-11-24)29-13-7-6-12-26(28)29/h3-7,10-15,20,23,27H,8-9,16-19,21-22H2,1-2H3,(H,33,36). The molecular formula is C32H37N3O3. The predicted molar refractivity (Wildman–Crippen MR) is 152 cm³/mol. The zero-order valence-electron chi connectivity index (χ0n) is 22.4. The summed E-state index contributed by atoms with van der Waals surface area (Å²) in [6.07, 6.45) is 5.08. The SMILES string of the molecule is COc1ccc(C(CC(=O)NCCN2CCCC2)c2cn(Cc3ccccc3)c3ccccc23)cc1OC. The molecule has 1 saturated heterocycles. The van der Waals surface area contributed by atoms with Crippen LogP contribution in [0, 0.1) is 0 Å². The smallest absolute Gasteiger partial charge is 0.220 e. The molecule has 0 aliphatic carbocycles. The fraction of sp³-hybridized carbons (Fsp3) is 0.344. The summed E-state index contributed by atoms with van der Waals surface area (Å²) < 4.78 is 13.4. The molecule has 5 rings (SSSR count). The summed E-state index contributed by atoms with van der Waals surface area (Å²) in [6, 6.07) is 24.9. The topological polar surface area (TPSA) is 55.7 Å². The third-order valence-electron chi connectivity index (χ3n) is 7.54. The first-order valence-electron chi connectivity index (χ1n) is 13.5. The van der Waals surface area contributed by atoms with Crippen LogP contribution >= 0.6 is 0 Å². The monoisotopic (exact) mass is 511 g/mol. The molecule has 198 valence electrons. The number of benzene rings is 3. The van der Waals surface area contributed by atoms with Gasteiger partial charge < -0.3 is 24.3 Å². The lowest BCUT2D eigenvalue weighted by molar-refractivity contribution is -0.121. The number of rotatable bonds is 11. The van der Waals surface area contributed by atoms with Gasteiger partial charge in [-0.15, -0.1) is 0 Å². The average molecular weight is 512 g/mol. The summed E-state index contributed by atoms with van der Waals surface area (Å²) in [5.74, 6) is 1.27. The van der Waals surface area contributed by atoms with Crippen molar-refractivity contribution in [1.82, 2.24) is 14.8 Å². The lowest BCUT2D eigenvalue weighted by atomic mass is 9.87. The van der Waals surface area contributed by atoms with Gasteiger partial charge in [-0.3, -0.25) is 4.79 Å². The number of likely N-dealkylation sites (tertiary alicyclic amines) is 1. The number of nitrogens with zero attached hydrogens (tertiary/aromatic N) is 2. The number of nitrogens with one attached hydrogen (secondary N) is 1. The molecular weight excluding hydrogens is 474 g/mol. The van der Waals surface area contributed by atoms with Gasteiger partial charge in [0.1, 0.15) is 0 Å². The van der Waals surface area contributed by atoms with Crippen molar-refractivity contribution >= 4 is 16.8 Å². The van der Waals surface area contributed by atoms with Crippen LogP contribution in [0.4, 0.5) is 0 Å². The lowest BCUT2D eigenvalue weighted by Crippen LogP contribution is -2.34. The zero-order chi connectivity index (χ0) is 26.3. The molecule has 38 heavy (non-hydrogen) atoms. The van der Waals surface area contributed by atoms with Gasteiger partial charge in [-0.25, -0.2) is 0 Å². The molecule has 1 atom stereocenters. The van der Waals surface area contributed by atoms with E-state index < -0.39 is 0 Å². The van der Waals surface area contributed by atoms with Crippen molar-refractivity contribution in [1.29, 1.82) is 0 Å². The molecule has 1 aliphatic heterocycles. The summed E-state index contributed by atoms with van der Waals surface area (Å²) in [6.45, 7) is 4.61. The van der Waals surface area contributed by atoms with Gasteiger partial charge in [-0.1, -0.05) is 54.6 Å². The fourth-order valence-electron chi connectivity index (χ4n) is 5.56. The molecule has 0 bridgehead atoms. The normalized spacial score (nSPS) is 14.5. The molecule has 1 aliphatic rings. The van der Waals surface area contributed by atoms with Crippen molar-refractivity contribution in [2.24, 2.45) is 0 Å². The summed E-state index contributed by atoms with van der Waals surface area (Å²) >= 11 is 0. The van der Waals surface area contributed by atoms with Gasteiger partial charge in [0.15, 0.2) is 11.5 Å². The van der Waals surface area contributed by atoms with Crippen molar-refractivity contribution in [3.63, 3.8) is 0 Å². The van der Waals surface area contributed by atoms with Crippen molar-refractivity contribution in [2.45, 2.75) is 31.7 Å². The molecule has 1 fully saturated rings. The fourth-order valence-corrected chi connectivity index (χ4v) is 5.56. The van der Waals surface area contributed by atoms with Gasteiger partial charge in [-0.2, -0.15) is 0 Å². The van der Waals surface area contributed by atoms with E-state index in [4.69, 9.17) is 9.47 Å². The maximum Gasteiger partial charge on any atom is 0.220 e. The first-order chi connectivity index (χ1) is 18.7. The van der Waals surface area contributed by atoms with Crippen LogP contribution < -0.4 is 14.8 Å². The van der Waals surface area contributed by atoms with Crippen LogP contribution in [0.3, 0.4) is 0 Å². The first-order valence-corrected chi connectivity index (χ1v) is 13.5. The second-order valence-corrected chi connectivity index (χ2v) is 9.98. The van der Waals surface area contributed by atoms with E-state index in [-0.39, 0.29) is 11.8 Å². The Morgan fingerprint density at radius 1 is 0.921 bits per heavy atom. The second kappa shape index (κ2) is 12.2. The third-order valence-corrected chi connectivity index (χ3v) is 7.54. The summed E-state index contributed by atoms with van der Waals surface area (Å²) in [5.41, 5.74) is 4.56. The van der Waals surface area contributed by atoms with Gasteiger partial charge in [-0.05, 0) is 60.8 Å². The highest BCUT2D eigenvalue weighted by Gasteiger charge is 2.24. The van der Waals surface area contributed by atoms with E-state index in [2.05, 4.69) is 69.5 Å². The minimum Gasteiger partial charge on any atom is -0.493 e. The number of para-hydroxylation sites is 1. The largest absolute Gasteiger partial charge is 0.493 e. The van der Waals surface area contributed by atoms with E-state index >= 15 is 0 Å². The molecule has 0 radical (unpaired) electrons. The third kappa shape index (κ3) is 5.86. The number of fused-ring (bicyclic) bond motifs is 1. The molecule has 6 heteroatoms. The molecule has 4 aromatic rings. The number of carbonyl (C=O) groups is 1. The molecule has 1 unspecified atom stereocenters. The van der Waals surface area contributed by atoms with Crippen molar-refractivity contribution < 1.29 is 14.3 Å². The highest BCUT2D eigenvalue weighted by Crippen LogP contribution is 2.38. The number of carbonyl (C=O) groups excluding carboxylic acids is 1. The maximum absolute atomic E-state index is 13.3. The Kier molecular flexibility index (Phi) is 8.29. The quantitative estimate of drug-likeness (QED) is 0.291. The Balaban J connectivity index is 1.48.